The highest BCUT2D eigenvalue weighted by molar-refractivity contribution is 9.09. The van der Waals surface area contributed by atoms with E-state index in [0.29, 0.717) is 18.2 Å². The second kappa shape index (κ2) is 7.58. The maximum absolute atomic E-state index is 11.9. The summed E-state index contributed by atoms with van der Waals surface area (Å²) in [6, 6.07) is -0.217. The van der Waals surface area contributed by atoms with Crippen LogP contribution in [0.2, 0.25) is 0 Å². The first-order chi connectivity index (χ1) is 7.70. The molecule has 0 rings (SSSR count). The van der Waals surface area contributed by atoms with Crippen molar-refractivity contribution in [1.82, 2.24) is 4.72 Å². The Labute approximate surface area is 108 Å². The molecule has 1 atom stereocenters. The summed E-state index contributed by atoms with van der Waals surface area (Å²) in [4.78, 5) is 0. The molecule has 0 aliphatic rings. The van der Waals surface area contributed by atoms with Gasteiger partial charge in [0.05, 0.1) is 5.75 Å². The van der Waals surface area contributed by atoms with Crippen molar-refractivity contribution in [1.29, 1.82) is 0 Å². The fourth-order valence-electron chi connectivity index (χ4n) is 1.25. The van der Waals surface area contributed by atoms with Crippen molar-refractivity contribution >= 4 is 26.0 Å². The highest BCUT2D eigenvalue weighted by atomic mass is 79.9. The molecule has 104 valence electrons. The van der Waals surface area contributed by atoms with Crippen LogP contribution in [0, 0.1) is 0 Å². The van der Waals surface area contributed by atoms with Crippen LogP contribution in [0.15, 0.2) is 0 Å². The minimum absolute atomic E-state index is 0.217. The van der Waals surface area contributed by atoms with Crippen LogP contribution in [0.1, 0.15) is 32.6 Å². The summed E-state index contributed by atoms with van der Waals surface area (Å²) in [5, 5.41) is 0.649. The van der Waals surface area contributed by atoms with Gasteiger partial charge >= 0.3 is 6.18 Å². The molecule has 0 aliphatic heterocycles. The van der Waals surface area contributed by atoms with Gasteiger partial charge in [-0.3, -0.25) is 0 Å². The molecule has 1 N–H and O–H groups in total. The molecule has 0 saturated carbocycles. The van der Waals surface area contributed by atoms with Crippen molar-refractivity contribution in [2.24, 2.45) is 0 Å². The molecule has 0 bridgehead atoms. The van der Waals surface area contributed by atoms with Gasteiger partial charge in [0.15, 0.2) is 0 Å². The SMILES string of the molecule is CCC(CCBr)NS(=O)(=O)CCCC(F)(F)F. The Hall–Kier alpha value is 0.180. The lowest BCUT2D eigenvalue weighted by molar-refractivity contribution is -0.134. The fourth-order valence-corrected chi connectivity index (χ4v) is 3.24. The van der Waals surface area contributed by atoms with Crippen molar-refractivity contribution in [2.45, 2.75) is 44.8 Å². The van der Waals surface area contributed by atoms with Gasteiger partial charge in [-0.05, 0) is 19.3 Å². The largest absolute Gasteiger partial charge is 0.389 e. The first-order valence-electron chi connectivity index (χ1n) is 5.33. The van der Waals surface area contributed by atoms with Crippen LogP contribution < -0.4 is 4.72 Å². The summed E-state index contributed by atoms with van der Waals surface area (Å²) < 4.78 is 60.9. The highest BCUT2D eigenvalue weighted by Crippen LogP contribution is 2.21. The molecular formula is C9H17BrF3NO2S. The molecule has 8 heteroatoms. The normalized spacial score (nSPS) is 14.9. The zero-order valence-electron chi connectivity index (χ0n) is 9.56. The Morgan fingerprint density at radius 3 is 2.35 bits per heavy atom. The summed E-state index contributed by atoms with van der Waals surface area (Å²) in [5.74, 6) is -0.481. The molecule has 17 heavy (non-hydrogen) atoms. The zero-order valence-corrected chi connectivity index (χ0v) is 12.0. The first-order valence-corrected chi connectivity index (χ1v) is 8.10. The van der Waals surface area contributed by atoms with E-state index < -0.39 is 34.8 Å². The number of nitrogens with one attached hydrogen (secondary N) is 1. The van der Waals surface area contributed by atoms with Crippen LogP contribution >= 0.6 is 15.9 Å². The van der Waals surface area contributed by atoms with Gasteiger partial charge in [0.25, 0.3) is 0 Å². The summed E-state index contributed by atoms with van der Waals surface area (Å²) in [6.45, 7) is 1.82. The standard InChI is InChI=1S/C9H17BrF3NO2S/c1-2-8(4-6-10)14-17(15,16)7-3-5-9(11,12)13/h8,14H,2-7H2,1H3. The lowest BCUT2D eigenvalue weighted by Crippen LogP contribution is -2.36. The van der Waals surface area contributed by atoms with Crippen molar-refractivity contribution in [3.63, 3.8) is 0 Å². The molecule has 0 saturated heterocycles. The summed E-state index contributed by atoms with van der Waals surface area (Å²) in [5.41, 5.74) is 0. The summed E-state index contributed by atoms with van der Waals surface area (Å²) in [6.07, 6.45) is -4.53. The zero-order chi connectivity index (χ0) is 13.5. The van der Waals surface area contributed by atoms with Gasteiger partial charge in [-0.2, -0.15) is 13.2 Å². The molecule has 0 aromatic carbocycles. The molecule has 1 unspecified atom stereocenters. The number of hydrogen-bond acceptors (Lipinski definition) is 2. The molecule has 0 spiro atoms. The van der Waals surface area contributed by atoms with Crippen molar-refractivity contribution in [3.8, 4) is 0 Å². The predicted octanol–water partition coefficient (Wildman–Crippen LogP) is 2.81. The molecule has 0 fully saturated rings. The molecule has 0 aliphatic carbocycles. The lowest BCUT2D eigenvalue weighted by atomic mass is 10.2. The van der Waals surface area contributed by atoms with E-state index in [-0.39, 0.29) is 6.04 Å². The van der Waals surface area contributed by atoms with Crippen LogP contribution in [0.3, 0.4) is 0 Å². The van der Waals surface area contributed by atoms with Crippen molar-refractivity contribution < 1.29 is 21.6 Å². The van der Waals surface area contributed by atoms with E-state index in [1.807, 2.05) is 6.92 Å². The molecule has 0 heterocycles. The van der Waals surface area contributed by atoms with Gasteiger partial charge in [0, 0.05) is 17.8 Å². The third kappa shape index (κ3) is 9.84. The highest BCUT2D eigenvalue weighted by Gasteiger charge is 2.27. The first kappa shape index (κ1) is 17.2. The third-order valence-electron chi connectivity index (χ3n) is 2.17. The Morgan fingerprint density at radius 1 is 1.35 bits per heavy atom. The van der Waals surface area contributed by atoms with Gasteiger partial charge in [-0.25, -0.2) is 13.1 Å². The van der Waals surface area contributed by atoms with Crippen molar-refractivity contribution in [3.05, 3.63) is 0 Å². The number of hydrogen-bond donors (Lipinski definition) is 1. The van der Waals surface area contributed by atoms with Crippen LogP contribution in [-0.2, 0) is 10.0 Å². The minimum Gasteiger partial charge on any atom is -0.212 e. The Bertz CT molecular complexity index is 306. The van der Waals surface area contributed by atoms with Gasteiger partial charge in [-0.1, -0.05) is 22.9 Å². The monoisotopic (exact) mass is 339 g/mol. The van der Waals surface area contributed by atoms with Crippen LogP contribution in [0.25, 0.3) is 0 Å². The van der Waals surface area contributed by atoms with E-state index in [1.54, 1.807) is 0 Å². The molecule has 0 radical (unpaired) electrons. The molecule has 3 nitrogen and oxygen atoms in total. The van der Waals surface area contributed by atoms with Crippen LogP contribution in [0.4, 0.5) is 13.2 Å². The van der Waals surface area contributed by atoms with E-state index in [0.717, 1.165) is 0 Å². The Morgan fingerprint density at radius 2 is 1.94 bits per heavy atom. The second-order valence-corrected chi connectivity index (χ2v) is 6.40. The van der Waals surface area contributed by atoms with Crippen molar-refractivity contribution in [2.75, 3.05) is 11.1 Å². The number of sulfonamides is 1. The summed E-state index contributed by atoms with van der Waals surface area (Å²) >= 11 is 3.19. The van der Waals surface area contributed by atoms with Crippen LogP contribution in [0.5, 0.6) is 0 Å². The Kier molecular flexibility index (Phi) is 7.66. The smallest absolute Gasteiger partial charge is 0.212 e. The van der Waals surface area contributed by atoms with E-state index in [9.17, 15) is 21.6 Å². The fraction of sp³-hybridized carbons (Fsp3) is 1.00. The average molecular weight is 340 g/mol. The van der Waals surface area contributed by atoms with Gasteiger partial charge in [0.1, 0.15) is 0 Å². The van der Waals surface area contributed by atoms with Gasteiger partial charge in [-0.15, -0.1) is 0 Å². The lowest BCUT2D eigenvalue weighted by Gasteiger charge is -2.16. The second-order valence-electron chi connectivity index (χ2n) is 3.74. The molecule has 0 aromatic rings. The average Bonchev–Trinajstić information content (AvgIpc) is 2.14. The van der Waals surface area contributed by atoms with Crippen LogP contribution in [-0.4, -0.2) is 31.7 Å². The minimum atomic E-state index is -4.30. The summed E-state index contributed by atoms with van der Waals surface area (Å²) in [7, 11) is -3.61. The number of rotatable bonds is 8. The third-order valence-corrected chi connectivity index (χ3v) is 4.15. The molecular weight excluding hydrogens is 323 g/mol. The predicted molar refractivity (Wildman–Crippen MR) is 64.7 cm³/mol. The number of alkyl halides is 4. The maximum Gasteiger partial charge on any atom is 0.389 e. The maximum atomic E-state index is 11.9. The van der Waals surface area contributed by atoms with Gasteiger partial charge in [0.2, 0.25) is 10.0 Å². The van der Waals surface area contributed by atoms with E-state index in [2.05, 4.69) is 20.7 Å². The van der Waals surface area contributed by atoms with E-state index >= 15 is 0 Å². The van der Waals surface area contributed by atoms with E-state index in [1.165, 1.54) is 0 Å². The van der Waals surface area contributed by atoms with E-state index in [4.69, 9.17) is 0 Å². The topological polar surface area (TPSA) is 46.2 Å². The molecule has 0 aromatic heterocycles. The van der Waals surface area contributed by atoms with Gasteiger partial charge < -0.3 is 0 Å². The Balaban J connectivity index is 4.11. The molecule has 0 amide bonds. The quantitative estimate of drug-likeness (QED) is 0.691. The number of halogens is 4.